The van der Waals surface area contributed by atoms with Crippen molar-refractivity contribution in [2.24, 2.45) is 80.8 Å². The average molecular weight is 1380 g/mol. The van der Waals surface area contributed by atoms with Crippen molar-refractivity contribution >= 4 is 87.1 Å². The quantitative estimate of drug-likeness (QED) is 0.0166. The number of aromatic hydroxyl groups is 1. The molecule has 0 saturated heterocycles. The number of carboxylic acids is 1. The maximum Gasteiger partial charge on any atom is 0.224 e. The normalized spacial score (nSPS) is 14.6. The Morgan fingerprint density at radius 1 is 0.520 bits per heavy atom. The van der Waals surface area contributed by atoms with Gasteiger partial charge in [0.15, 0.2) is 29.1 Å². The van der Waals surface area contributed by atoms with E-state index >= 15 is 0 Å². The molecule has 0 aliphatic carbocycles. The van der Waals surface area contributed by atoms with E-state index in [1.165, 1.54) is 23.9 Å². The number of fused-ring (bicyclic) bond motifs is 1. The predicted molar refractivity (Wildman–Crippen MR) is 382 cm³/mol. The first-order chi connectivity index (χ1) is 46.8. The summed E-state index contributed by atoms with van der Waals surface area (Å²) in [6, 6.07) is 17.1. The summed E-state index contributed by atoms with van der Waals surface area (Å²) in [6.45, 7) is 8.26. The molecule has 1 aromatic heterocycles. The number of carboxylic acid groups (broad SMARTS) is 1. The van der Waals surface area contributed by atoms with E-state index in [0.717, 1.165) is 16.5 Å². The van der Waals surface area contributed by atoms with Crippen LogP contribution in [0, 0.1) is 41.4 Å². The van der Waals surface area contributed by atoms with Crippen molar-refractivity contribution < 1.29 is 58.2 Å². The minimum Gasteiger partial charge on any atom is -0.550 e. The number of thioether (sulfide) groups is 1. The van der Waals surface area contributed by atoms with Crippen LogP contribution in [0.2, 0.25) is 0 Å². The highest BCUT2D eigenvalue weighted by Crippen LogP contribution is 2.27. The van der Waals surface area contributed by atoms with Gasteiger partial charge in [0.2, 0.25) is 23.6 Å². The molecule has 0 unspecified atom stereocenters. The van der Waals surface area contributed by atoms with Crippen molar-refractivity contribution in [2.75, 3.05) is 38.2 Å². The van der Waals surface area contributed by atoms with Crippen molar-refractivity contribution in [1.82, 2.24) is 26.3 Å². The molecule has 0 aliphatic rings. The number of amides is 4. The molecule has 24 nitrogen and oxygen atoms in total. The highest BCUT2D eigenvalue weighted by atomic mass is 32.2. The number of phenols is 1. The molecule has 1 heterocycles. The number of unbranched alkanes of at least 4 members (excludes halogenated alkanes) is 3. The number of aromatic nitrogens is 1. The van der Waals surface area contributed by atoms with Crippen LogP contribution in [0.3, 0.4) is 0 Å². The van der Waals surface area contributed by atoms with Crippen molar-refractivity contribution in [3.63, 3.8) is 0 Å². The average Bonchev–Trinajstić information content (AvgIpc) is 1.58. The molecule has 25 heteroatoms. The number of phenolic OH excluding ortho intramolecular Hbond substituents is 1. The molecule has 540 valence electrons. The van der Waals surface area contributed by atoms with E-state index < -0.39 is 131 Å². The number of carbonyl (C=O) groups excluding carboxylic acids is 10. The monoisotopic (exact) mass is 1380 g/mol. The van der Waals surface area contributed by atoms with Gasteiger partial charge in [0.25, 0.3) is 0 Å². The Hall–Kier alpha value is -7.84. The minimum atomic E-state index is -1.38. The Balaban J connectivity index is 1.64. The number of nitrogens with two attached hydrogens (primary N) is 6. The molecule has 4 rings (SSSR count). The molecule has 98 heavy (non-hydrogen) atoms. The second kappa shape index (κ2) is 44.2. The van der Waals surface area contributed by atoms with Gasteiger partial charge in [-0.1, -0.05) is 101 Å². The summed E-state index contributed by atoms with van der Waals surface area (Å²) in [5.41, 5.74) is 37.4. The van der Waals surface area contributed by atoms with Crippen LogP contribution < -0.4 is 60.8 Å². The van der Waals surface area contributed by atoms with Crippen molar-refractivity contribution in [1.29, 1.82) is 0 Å². The number of benzene rings is 3. The first-order valence-electron chi connectivity index (χ1n) is 34.6. The molecule has 0 fully saturated rings. The molecule has 0 aliphatic heterocycles. The number of aromatic amines is 1. The largest absolute Gasteiger partial charge is 0.550 e. The van der Waals surface area contributed by atoms with Gasteiger partial charge in [-0.25, -0.2) is 0 Å². The van der Waals surface area contributed by atoms with Crippen LogP contribution in [0.1, 0.15) is 154 Å². The van der Waals surface area contributed by atoms with Gasteiger partial charge < -0.3 is 75.7 Å². The molecule has 18 N–H and O–H groups in total. The zero-order valence-electron chi connectivity index (χ0n) is 57.9. The van der Waals surface area contributed by atoms with Gasteiger partial charge in [-0.2, -0.15) is 11.8 Å². The summed E-state index contributed by atoms with van der Waals surface area (Å²) in [5.74, 6) is -12.2. The summed E-state index contributed by atoms with van der Waals surface area (Å²) in [4.78, 5) is 151. The predicted octanol–water partition coefficient (Wildman–Crippen LogP) is 4.30. The van der Waals surface area contributed by atoms with Crippen LogP contribution in [0.5, 0.6) is 5.75 Å². The lowest BCUT2D eigenvalue weighted by atomic mass is 9.84. The molecule has 4 amide bonds. The zero-order chi connectivity index (χ0) is 72.3. The third-order valence-electron chi connectivity index (χ3n) is 18.0. The number of hydrogen-bond acceptors (Lipinski definition) is 18. The molecule has 4 aromatic rings. The number of aliphatic imine (C=N–C) groups is 1. The van der Waals surface area contributed by atoms with Gasteiger partial charge in [-0.3, -0.25) is 48.1 Å². The van der Waals surface area contributed by atoms with E-state index in [0.29, 0.717) is 87.9 Å². The number of nitrogens with one attached hydrogen (secondary N) is 5. The van der Waals surface area contributed by atoms with Crippen LogP contribution in [-0.2, 0) is 67.2 Å². The highest BCUT2D eigenvalue weighted by Gasteiger charge is 2.38. The maximum absolute atomic E-state index is 15.0. The van der Waals surface area contributed by atoms with E-state index in [9.17, 15) is 58.2 Å². The number of nitrogens with zero attached hydrogens (tertiary/aromatic N) is 1. The van der Waals surface area contributed by atoms with Gasteiger partial charge in [-0.05, 0) is 162 Å². The summed E-state index contributed by atoms with van der Waals surface area (Å²) < 4.78 is 0. The number of ketones is 5. The molecule has 3 aromatic carbocycles. The SMILES string of the molecule is CSCC[C@H](NC(=O)[C@@H](CC(=O)[C@@H](NC(=O)[C@@H](CC(=O)[C@H](Cc1ccccc1)NC(=O)[C@H](CCCN=C(N)N)CC(=O)[C@H](N)CCCCN)Cc1ccc(O)cc1)C(C)C)C(C)C)C(=O)C[C@@H](Cc1c[nH]c2ccccc12)C(=O)N[C@@H](CCCCN)C(=O)C[C@H](CCCCN)C(=O)[O-]. The van der Waals surface area contributed by atoms with E-state index in [1.54, 1.807) is 76.4 Å². The van der Waals surface area contributed by atoms with Gasteiger partial charge in [-0.15, -0.1) is 0 Å². The lowest BCUT2D eigenvalue weighted by Gasteiger charge is -2.29. The van der Waals surface area contributed by atoms with Crippen molar-refractivity contribution in [3.8, 4) is 5.75 Å². The minimum absolute atomic E-state index is 0.0221. The summed E-state index contributed by atoms with van der Waals surface area (Å²) >= 11 is 1.44. The topological polar surface area (TPSA) is 446 Å². The highest BCUT2D eigenvalue weighted by molar-refractivity contribution is 7.98. The van der Waals surface area contributed by atoms with Crippen LogP contribution in [0.15, 0.2) is 90.1 Å². The zero-order valence-corrected chi connectivity index (χ0v) is 58.8. The Morgan fingerprint density at radius 2 is 1.03 bits per heavy atom. The third kappa shape index (κ3) is 28.9. The van der Waals surface area contributed by atoms with Gasteiger partial charge in [0, 0.05) is 91.3 Å². The standard InChI is InChI=1S/C73H110N12O12S/c1-45(2)56(71(95)83-60(30-35-98-5)64(89)42-52(38-53-44-81-58-24-10-9-22-55(53)58)69(93)82-59(25-13-16-33-76)63(88)40-50(72(96)97)20-11-14-31-74)43-66(91)67(46(3)4)85-70(94)51(36-48-26-28-54(86)29-27-48)41-65(90)61(37-47-18-7-6-8-19-47)84-68(92)49(21-17-34-80-73(78)79)39-62(87)57(77)23-12-15-32-75/h6-10,18-19,22,24,26-29,44-46,49-52,56-57,59-61,67,81,86H,11-17,20-21,23,25,30-43,74-77H2,1-5H3,(H,82,93)(H,83,95)(H,84,92)(H,85,94)(H,96,97)(H4,78,79,80)/p-1/t49-,50+,51-,52-,56+,57-,59+,60+,61+,67+/m1/s1. The molecule has 10 atom stereocenters. The Kier molecular flexibility index (Phi) is 37.3. The lowest BCUT2D eigenvalue weighted by Crippen LogP contribution is -2.51. The van der Waals surface area contributed by atoms with E-state index in [4.69, 9.17) is 34.4 Å². The second-order valence-corrected chi connectivity index (χ2v) is 27.5. The molecule has 0 spiro atoms. The van der Waals surface area contributed by atoms with E-state index in [-0.39, 0.29) is 94.7 Å². The first kappa shape index (κ1) is 82.6. The Morgan fingerprint density at radius 3 is 1.63 bits per heavy atom. The number of carbonyl (C=O) groups is 10. The van der Waals surface area contributed by atoms with E-state index in [2.05, 4.69) is 31.2 Å². The molecule has 0 radical (unpaired) electrons. The number of para-hydroxylation sites is 1. The molecular formula is C73H109N12O12S-. The Bertz CT molecular complexity index is 3210. The molecular weight excluding hydrogens is 1270 g/mol. The second-order valence-electron chi connectivity index (χ2n) is 26.5. The maximum atomic E-state index is 15.0. The van der Waals surface area contributed by atoms with Gasteiger partial charge in [0.05, 0.1) is 30.2 Å². The number of aliphatic carboxylic acids is 1. The van der Waals surface area contributed by atoms with Crippen LogP contribution in [0.25, 0.3) is 10.9 Å². The number of hydrogen-bond donors (Lipinski definition) is 12. The summed E-state index contributed by atoms with van der Waals surface area (Å²) in [7, 11) is 0. The summed E-state index contributed by atoms with van der Waals surface area (Å²) in [5, 5.41) is 35.0. The van der Waals surface area contributed by atoms with Crippen molar-refractivity contribution in [3.05, 3.63) is 102 Å². The van der Waals surface area contributed by atoms with E-state index in [1.807, 2.05) is 30.5 Å². The fourth-order valence-electron chi connectivity index (χ4n) is 12.1. The number of Topliss-reactive ketones (excluding diaryl/α,β-unsaturated/α-hetero) is 5. The van der Waals surface area contributed by atoms with Gasteiger partial charge in [0.1, 0.15) is 11.5 Å². The molecule has 0 saturated carbocycles. The Labute approximate surface area is 581 Å². The van der Waals surface area contributed by atoms with Crippen LogP contribution in [-0.4, -0.2) is 143 Å². The van der Waals surface area contributed by atoms with Crippen molar-refractivity contribution in [2.45, 2.75) is 186 Å². The summed E-state index contributed by atoms with van der Waals surface area (Å²) in [6.07, 6.45) is 6.53. The lowest BCUT2D eigenvalue weighted by molar-refractivity contribution is -0.312. The number of H-pyrrole nitrogens is 1. The smallest absolute Gasteiger partial charge is 0.224 e. The fourth-order valence-corrected chi connectivity index (χ4v) is 12.6. The van der Waals surface area contributed by atoms with Gasteiger partial charge >= 0.3 is 0 Å². The first-order valence-corrected chi connectivity index (χ1v) is 36.0. The fraction of sp³-hybridized carbons (Fsp3) is 0.575. The van der Waals surface area contributed by atoms with Crippen LogP contribution in [0.4, 0.5) is 0 Å². The number of guanidine groups is 1. The van der Waals surface area contributed by atoms with Crippen LogP contribution >= 0.6 is 11.8 Å². The molecule has 0 bridgehead atoms. The number of rotatable bonds is 51. The third-order valence-corrected chi connectivity index (χ3v) is 18.7.